The number of hydrogen-bond donors (Lipinski definition) is 2. The van der Waals surface area contributed by atoms with Crippen molar-refractivity contribution >= 4 is 11.5 Å². The lowest BCUT2D eigenvalue weighted by Gasteiger charge is -2.29. The number of piperidine rings is 1. The van der Waals surface area contributed by atoms with Crippen molar-refractivity contribution in [2.75, 3.05) is 37.7 Å². The van der Waals surface area contributed by atoms with Crippen molar-refractivity contribution < 1.29 is 0 Å². The Morgan fingerprint density at radius 2 is 2.41 bits per heavy atom. The van der Waals surface area contributed by atoms with E-state index in [9.17, 15) is 0 Å². The van der Waals surface area contributed by atoms with Gasteiger partial charge in [-0.05, 0) is 50.9 Å². The summed E-state index contributed by atoms with van der Waals surface area (Å²) in [6, 6.07) is 1.94. The monoisotopic (exact) mass is 234 g/mol. The molecule has 1 aromatic rings. The minimum absolute atomic E-state index is 0.704. The normalized spacial score (nSPS) is 21.4. The molecule has 0 spiro atoms. The van der Waals surface area contributed by atoms with E-state index in [1.807, 2.05) is 13.0 Å². The second-order valence-electron chi connectivity index (χ2n) is 5.04. The molecule has 1 fully saturated rings. The number of nitrogens with two attached hydrogens (primary N) is 1. The van der Waals surface area contributed by atoms with Crippen LogP contribution in [0.5, 0.6) is 0 Å². The fourth-order valence-corrected chi connectivity index (χ4v) is 2.39. The molecule has 4 heteroatoms. The number of nitrogen functional groups attached to an aromatic ring is 1. The van der Waals surface area contributed by atoms with Crippen LogP contribution in [0.25, 0.3) is 0 Å². The van der Waals surface area contributed by atoms with Crippen LogP contribution in [0.1, 0.15) is 18.4 Å². The van der Waals surface area contributed by atoms with Crippen molar-refractivity contribution in [2.24, 2.45) is 5.92 Å². The van der Waals surface area contributed by atoms with Crippen molar-refractivity contribution in [3.05, 3.63) is 17.8 Å². The van der Waals surface area contributed by atoms with E-state index in [1.54, 1.807) is 6.20 Å². The molecule has 1 aliphatic rings. The van der Waals surface area contributed by atoms with E-state index in [-0.39, 0.29) is 0 Å². The molecule has 1 atom stereocenters. The summed E-state index contributed by atoms with van der Waals surface area (Å²) in [6.45, 7) is 5.36. The molecule has 17 heavy (non-hydrogen) atoms. The predicted octanol–water partition coefficient (Wildman–Crippen LogP) is 1.73. The molecule has 1 saturated heterocycles. The summed E-state index contributed by atoms with van der Waals surface area (Å²) >= 11 is 0. The van der Waals surface area contributed by atoms with Crippen LogP contribution in [0.4, 0.5) is 11.5 Å². The van der Waals surface area contributed by atoms with E-state index in [0.29, 0.717) is 5.92 Å². The van der Waals surface area contributed by atoms with Gasteiger partial charge in [0.2, 0.25) is 0 Å². The molecule has 2 rings (SSSR count). The zero-order valence-electron chi connectivity index (χ0n) is 10.7. The van der Waals surface area contributed by atoms with E-state index >= 15 is 0 Å². The van der Waals surface area contributed by atoms with Gasteiger partial charge in [-0.2, -0.15) is 0 Å². The molecule has 1 aromatic heterocycles. The van der Waals surface area contributed by atoms with E-state index in [4.69, 9.17) is 5.73 Å². The Morgan fingerprint density at radius 3 is 3.18 bits per heavy atom. The molecule has 0 aliphatic carbocycles. The molecule has 1 unspecified atom stereocenters. The molecule has 0 bridgehead atoms. The molecule has 1 aliphatic heterocycles. The number of aryl methyl sites for hydroxylation is 1. The molecule has 0 saturated carbocycles. The Bertz CT molecular complexity index is 378. The highest BCUT2D eigenvalue weighted by atomic mass is 15.1. The van der Waals surface area contributed by atoms with Gasteiger partial charge >= 0.3 is 0 Å². The Morgan fingerprint density at radius 1 is 1.59 bits per heavy atom. The van der Waals surface area contributed by atoms with Gasteiger partial charge in [0.05, 0.1) is 5.69 Å². The van der Waals surface area contributed by atoms with Gasteiger partial charge in [0.25, 0.3) is 0 Å². The van der Waals surface area contributed by atoms with Crippen molar-refractivity contribution in [3.63, 3.8) is 0 Å². The maximum atomic E-state index is 5.99. The third kappa shape index (κ3) is 3.09. The lowest BCUT2D eigenvalue weighted by atomic mass is 9.98. The summed E-state index contributed by atoms with van der Waals surface area (Å²) in [6.07, 6.45) is 4.39. The topological polar surface area (TPSA) is 54.2 Å². The second-order valence-corrected chi connectivity index (χ2v) is 5.04. The van der Waals surface area contributed by atoms with E-state index in [2.05, 4.69) is 22.2 Å². The summed E-state index contributed by atoms with van der Waals surface area (Å²) in [5.41, 5.74) is 7.85. The fraction of sp³-hybridized carbons (Fsp3) is 0.615. The number of nitrogens with zero attached hydrogens (tertiary/aromatic N) is 2. The summed E-state index contributed by atoms with van der Waals surface area (Å²) in [7, 11) is 2.19. The van der Waals surface area contributed by atoms with Gasteiger partial charge in [0.1, 0.15) is 5.82 Å². The van der Waals surface area contributed by atoms with Crippen LogP contribution in [0.2, 0.25) is 0 Å². The van der Waals surface area contributed by atoms with Crippen LogP contribution in [-0.2, 0) is 0 Å². The summed E-state index contributed by atoms with van der Waals surface area (Å²) in [5, 5.41) is 3.38. The molecule has 94 valence electrons. The molecule has 4 nitrogen and oxygen atoms in total. The molecule has 3 N–H and O–H groups in total. The Kier molecular flexibility index (Phi) is 3.84. The average Bonchev–Trinajstić information content (AvgIpc) is 2.31. The highest BCUT2D eigenvalue weighted by molar-refractivity contribution is 5.64. The maximum absolute atomic E-state index is 5.99. The van der Waals surface area contributed by atoms with Crippen LogP contribution < -0.4 is 11.1 Å². The van der Waals surface area contributed by atoms with Crippen LogP contribution >= 0.6 is 0 Å². The zero-order valence-corrected chi connectivity index (χ0v) is 10.7. The number of pyridine rings is 1. The number of aromatic nitrogens is 1. The first kappa shape index (κ1) is 12.2. The van der Waals surface area contributed by atoms with Crippen molar-refractivity contribution in [1.29, 1.82) is 0 Å². The van der Waals surface area contributed by atoms with E-state index in [0.717, 1.165) is 23.6 Å². The van der Waals surface area contributed by atoms with E-state index in [1.165, 1.54) is 25.9 Å². The Labute approximate surface area is 103 Å². The van der Waals surface area contributed by atoms with Gasteiger partial charge in [0, 0.05) is 19.3 Å². The first-order valence-corrected chi connectivity index (χ1v) is 6.30. The average molecular weight is 234 g/mol. The largest absolute Gasteiger partial charge is 0.396 e. The highest BCUT2D eigenvalue weighted by Gasteiger charge is 2.17. The van der Waals surface area contributed by atoms with Gasteiger partial charge in [-0.15, -0.1) is 0 Å². The summed E-state index contributed by atoms with van der Waals surface area (Å²) in [5.74, 6) is 1.54. The maximum Gasteiger partial charge on any atom is 0.149 e. The first-order valence-electron chi connectivity index (χ1n) is 6.30. The minimum atomic E-state index is 0.704. The molecule has 0 aromatic carbocycles. The fourth-order valence-electron chi connectivity index (χ4n) is 2.39. The van der Waals surface area contributed by atoms with Crippen molar-refractivity contribution in [2.45, 2.75) is 19.8 Å². The van der Waals surface area contributed by atoms with Gasteiger partial charge in [0.15, 0.2) is 0 Å². The molecular weight excluding hydrogens is 212 g/mol. The number of likely N-dealkylation sites (tertiary alicyclic amines) is 1. The van der Waals surface area contributed by atoms with Crippen LogP contribution in [0.3, 0.4) is 0 Å². The molecule has 0 amide bonds. The quantitative estimate of drug-likeness (QED) is 0.836. The number of anilines is 2. The lowest BCUT2D eigenvalue weighted by Crippen LogP contribution is -2.35. The molecule has 2 heterocycles. The number of hydrogen-bond acceptors (Lipinski definition) is 4. The first-order chi connectivity index (χ1) is 8.16. The van der Waals surface area contributed by atoms with Gasteiger partial charge < -0.3 is 16.0 Å². The smallest absolute Gasteiger partial charge is 0.149 e. The highest BCUT2D eigenvalue weighted by Crippen LogP contribution is 2.21. The van der Waals surface area contributed by atoms with Crippen molar-refractivity contribution in [1.82, 2.24) is 9.88 Å². The molecular formula is C13H22N4. The third-order valence-corrected chi connectivity index (χ3v) is 3.49. The van der Waals surface area contributed by atoms with Gasteiger partial charge in [-0.1, -0.05) is 0 Å². The second kappa shape index (κ2) is 5.36. The van der Waals surface area contributed by atoms with Crippen LogP contribution in [0, 0.1) is 12.8 Å². The lowest BCUT2D eigenvalue weighted by molar-refractivity contribution is 0.217. The summed E-state index contributed by atoms with van der Waals surface area (Å²) < 4.78 is 0. The van der Waals surface area contributed by atoms with Gasteiger partial charge in [-0.25, -0.2) is 4.98 Å². The van der Waals surface area contributed by atoms with Gasteiger partial charge in [-0.3, -0.25) is 0 Å². The Balaban J connectivity index is 1.91. The summed E-state index contributed by atoms with van der Waals surface area (Å²) in [4.78, 5) is 6.68. The Hall–Kier alpha value is -1.29. The minimum Gasteiger partial charge on any atom is -0.396 e. The third-order valence-electron chi connectivity index (χ3n) is 3.49. The predicted molar refractivity (Wildman–Crippen MR) is 72.1 cm³/mol. The molecule has 0 radical (unpaired) electrons. The number of nitrogens with one attached hydrogen (secondary N) is 1. The standard InChI is InChI=1S/C13H22N4/c1-10-5-6-15-13(12(10)14)16-8-11-4-3-7-17(2)9-11/h5-6,11H,3-4,7-9,14H2,1-2H3,(H,15,16). The number of rotatable bonds is 3. The SMILES string of the molecule is Cc1ccnc(NCC2CCCN(C)C2)c1N. The van der Waals surface area contributed by atoms with Crippen LogP contribution in [0.15, 0.2) is 12.3 Å². The zero-order chi connectivity index (χ0) is 12.3. The van der Waals surface area contributed by atoms with E-state index < -0.39 is 0 Å². The van der Waals surface area contributed by atoms with Crippen molar-refractivity contribution in [3.8, 4) is 0 Å². The van der Waals surface area contributed by atoms with Crippen LogP contribution in [-0.4, -0.2) is 36.6 Å².